The van der Waals surface area contributed by atoms with Gasteiger partial charge in [0, 0.05) is 79.5 Å². The summed E-state index contributed by atoms with van der Waals surface area (Å²) in [5, 5.41) is 64.8. The van der Waals surface area contributed by atoms with Crippen molar-refractivity contribution in [1.82, 2.24) is 10.3 Å². The van der Waals surface area contributed by atoms with Crippen LogP contribution in [0.5, 0.6) is 17.2 Å². The summed E-state index contributed by atoms with van der Waals surface area (Å²) in [6, 6.07) is 6.59. The van der Waals surface area contributed by atoms with Crippen LogP contribution in [-0.2, 0) is 35.0 Å². The van der Waals surface area contributed by atoms with Gasteiger partial charge in [0.2, 0.25) is 11.7 Å². The number of allylic oxidation sites excluding steroid dienone is 1. The molecule has 7 N–H and O–H groups in total. The Bertz CT molecular complexity index is 2460. The number of aromatic hydroxyl groups is 2. The van der Waals surface area contributed by atoms with Crippen LogP contribution >= 0.6 is 0 Å². The van der Waals surface area contributed by atoms with Crippen LogP contribution in [0, 0.1) is 5.82 Å². The zero-order chi connectivity index (χ0) is 46.2. The number of morpholine rings is 1. The molecular weight excluding hydrogens is 843 g/mol. The molecule has 340 valence electrons. The second-order valence-corrected chi connectivity index (χ2v) is 15.8. The summed E-state index contributed by atoms with van der Waals surface area (Å²) in [5.41, 5.74) is -2.96. The first-order valence-corrected chi connectivity index (χ1v) is 20.2. The molecule has 7 rings (SSSR count). The summed E-state index contributed by atoms with van der Waals surface area (Å²) >= 11 is 0. The molecule has 4 aliphatic rings. The molecule has 2 fully saturated rings. The number of hydrogen-bond acceptors (Lipinski definition) is 17. The van der Waals surface area contributed by atoms with Crippen LogP contribution in [-0.4, -0.2) is 142 Å². The van der Waals surface area contributed by atoms with E-state index in [-0.39, 0.29) is 45.7 Å². The number of nitrogens with one attached hydrogen (secondary N) is 2. The number of aliphatic hydroxyl groups is 3. The van der Waals surface area contributed by atoms with E-state index < -0.39 is 125 Å². The number of ketones is 3. The topological polar surface area (TPSA) is 272 Å². The third-order valence-electron chi connectivity index (χ3n) is 11.7. The number of anilines is 1. The summed E-state index contributed by atoms with van der Waals surface area (Å²) in [6.45, 7) is 2.88. The fourth-order valence-corrected chi connectivity index (χ4v) is 8.64. The Morgan fingerprint density at radius 2 is 1.80 bits per heavy atom. The van der Waals surface area contributed by atoms with Crippen molar-refractivity contribution in [3.63, 3.8) is 0 Å². The van der Waals surface area contributed by atoms with Gasteiger partial charge in [0.25, 0.3) is 5.91 Å². The van der Waals surface area contributed by atoms with Gasteiger partial charge in [-0.2, -0.15) is 5.10 Å². The lowest BCUT2D eigenvalue weighted by Gasteiger charge is -2.47. The number of benzene rings is 3. The summed E-state index contributed by atoms with van der Waals surface area (Å²) in [6.07, 6.45) is -4.32. The van der Waals surface area contributed by atoms with E-state index in [9.17, 15) is 53.9 Å². The number of phenolic OH excluding ortho intramolecular Hbond substituents is 2. The summed E-state index contributed by atoms with van der Waals surface area (Å²) in [4.78, 5) is 67.1. The van der Waals surface area contributed by atoms with E-state index >= 15 is 0 Å². The third kappa shape index (κ3) is 8.91. The number of rotatable bonds is 12. The highest BCUT2D eigenvalue weighted by Gasteiger charge is 2.50. The highest BCUT2D eigenvalue weighted by atomic mass is 19.1. The Kier molecular flexibility index (Phi) is 13.4. The fourth-order valence-electron chi connectivity index (χ4n) is 8.64. The first kappa shape index (κ1) is 46.0. The second-order valence-electron chi connectivity index (χ2n) is 15.8. The second kappa shape index (κ2) is 18.6. The zero-order valence-electron chi connectivity index (χ0n) is 35.1. The first-order chi connectivity index (χ1) is 30.5. The van der Waals surface area contributed by atoms with Gasteiger partial charge in [-0.05, 0) is 44.2 Å². The number of halogens is 1. The quantitative estimate of drug-likeness (QED) is 0.0462. The zero-order valence-corrected chi connectivity index (χ0v) is 35.1. The van der Waals surface area contributed by atoms with Gasteiger partial charge in [-0.3, -0.25) is 28.9 Å². The van der Waals surface area contributed by atoms with Crippen molar-refractivity contribution in [2.75, 3.05) is 45.8 Å². The molecule has 0 spiro atoms. The molecule has 0 radical (unpaired) electrons. The van der Waals surface area contributed by atoms with Crippen LogP contribution in [0.4, 0.5) is 10.1 Å². The average molecular weight is 891 g/mol. The van der Waals surface area contributed by atoms with Crippen molar-refractivity contribution in [3.05, 3.63) is 93.3 Å². The van der Waals surface area contributed by atoms with Crippen LogP contribution in [0.1, 0.15) is 86.1 Å². The Hall–Kier alpha value is -5.97. The Balaban J connectivity index is 1.26. The number of carbonyl (C=O) groups excluding carboxylic acids is 5. The van der Waals surface area contributed by atoms with Crippen molar-refractivity contribution in [2.24, 2.45) is 5.10 Å². The van der Waals surface area contributed by atoms with Crippen molar-refractivity contribution in [1.29, 1.82) is 0 Å². The molecule has 2 aliphatic carbocycles. The molecule has 7 atom stereocenters. The lowest BCUT2D eigenvalue weighted by atomic mass is 9.71. The first-order valence-electron chi connectivity index (χ1n) is 20.2. The van der Waals surface area contributed by atoms with Crippen LogP contribution < -0.4 is 15.5 Å². The van der Waals surface area contributed by atoms with E-state index in [4.69, 9.17) is 23.7 Å². The summed E-state index contributed by atoms with van der Waals surface area (Å²) in [5.74, 6) is -6.31. The minimum Gasteiger partial charge on any atom is -0.507 e. The van der Waals surface area contributed by atoms with Gasteiger partial charge in [0.1, 0.15) is 28.7 Å². The minimum atomic E-state index is -2.33. The van der Waals surface area contributed by atoms with E-state index in [1.54, 1.807) is 6.92 Å². The molecule has 3 aromatic carbocycles. The molecule has 3 aromatic rings. The standard InChI is InChI=1S/C44H47FN4O15/c1-20(51)8-9-31(52)46-24-13-22(12-23(45)14-24)43(58)48-47-30(19-50)44(59)16-26-35(42(57)37-36(40(26)55)39(54)25-6-5-7-28(60-3)34(25)41(37)56)29(17-44)64-32-15-27(38(53)21(2)63-32)49-10-11-62-33(18-49)61-4/h5-9,12-14,21,27,29,32-33,38,50,53,55,57,59H,10-11,15-19H2,1-4H3,(H,46,52)(H,48,58)/b9-8-,47-30+/t21-,27?,29-,32-,33+,38+,44-/m0/s1. The minimum absolute atomic E-state index is 0.0337. The normalized spacial score (nSPS) is 25.9. The maximum Gasteiger partial charge on any atom is 0.271 e. The third-order valence-corrected chi connectivity index (χ3v) is 11.7. The van der Waals surface area contributed by atoms with Gasteiger partial charge < -0.3 is 54.5 Å². The van der Waals surface area contributed by atoms with Crippen molar-refractivity contribution in [2.45, 2.75) is 75.6 Å². The van der Waals surface area contributed by atoms with Gasteiger partial charge in [0.05, 0.1) is 61.0 Å². The fraction of sp³-hybridized carbons (Fsp3) is 0.409. The van der Waals surface area contributed by atoms with Crippen LogP contribution in [0.2, 0.25) is 0 Å². The van der Waals surface area contributed by atoms with E-state index in [1.165, 1.54) is 39.3 Å². The monoisotopic (exact) mass is 890 g/mol. The molecule has 2 amide bonds. The molecule has 2 saturated heterocycles. The maximum absolute atomic E-state index is 14.7. The van der Waals surface area contributed by atoms with Gasteiger partial charge in [0.15, 0.2) is 24.1 Å². The van der Waals surface area contributed by atoms with Crippen LogP contribution in [0.3, 0.4) is 0 Å². The van der Waals surface area contributed by atoms with Crippen LogP contribution in [0.15, 0.2) is 53.7 Å². The Labute approximate surface area is 365 Å². The lowest BCUT2D eigenvalue weighted by molar-refractivity contribution is -0.265. The molecule has 2 aliphatic heterocycles. The number of nitrogens with zero attached hydrogens (tertiary/aromatic N) is 2. The van der Waals surface area contributed by atoms with E-state index in [0.29, 0.717) is 19.7 Å². The molecule has 1 unspecified atom stereocenters. The van der Waals surface area contributed by atoms with E-state index in [0.717, 1.165) is 30.4 Å². The van der Waals surface area contributed by atoms with Gasteiger partial charge in [-0.15, -0.1) is 0 Å². The number of fused-ring (bicyclic) bond motifs is 3. The highest BCUT2D eigenvalue weighted by molar-refractivity contribution is 6.31. The van der Waals surface area contributed by atoms with E-state index in [1.807, 2.05) is 4.90 Å². The SMILES string of the molecule is COc1cccc2c1C(=O)c1c(O)c3c(c(O)c1C2=O)C[C@@](O)(/C(CO)=N/NC(=O)c1cc(F)cc(NC(=O)/C=C\C(C)=O)c1)C[C@@H]3O[C@H]1CC(N2CCO[C@@H](OC)C2)[C@H](O)[C@H](C)O1. The number of carbonyl (C=O) groups is 5. The number of aliphatic hydroxyl groups excluding tert-OH is 2. The number of ether oxygens (including phenoxy) is 5. The number of methoxy groups -OCH3 is 2. The molecule has 2 heterocycles. The summed E-state index contributed by atoms with van der Waals surface area (Å²) in [7, 11) is 2.79. The number of amides is 2. The van der Waals surface area contributed by atoms with Gasteiger partial charge >= 0.3 is 0 Å². The van der Waals surface area contributed by atoms with Crippen LogP contribution in [0.25, 0.3) is 0 Å². The predicted octanol–water partition coefficient (Wildman–Crippen LogP) is 1.79. The molecule has 19 nitrogen and oxygen atoms in total. The average Bonchev–Trinajstić information content (AvgIpc) is 3.26. The Morgan fingerprint density at radius 1 is 1.05 bits per heavy atom. The number of phenols is 2. The highest BCUT2D eigenvalue weighted by Crippen LogP contribution is 2.53. The van der Waals surface area contributed by atoms with Gasteiger partial charge in [-0.1, -0.05) is 12.1 Å². The molecule has 0 aromatic heterocycles. The number of hydrogen-bond donors (Lipinski definition) is 7. The van der Waals surface area contributed by atoms with E-state index in [2.05, 4.69) is 15.8 Å². The Morgan fingerprint density at radius 3 is 2.50 bits per heavy atom. The van der Waals surface area contributed by atoms with Crippen molar-refractivity contribution < 1.29 is 77.6 Å². The molecule has 20 heteroatoms. The lowest BCUT2D eigenvalue weighted by Crippen LogP contribution is -2.59. The molecule has 0 saturated carbocycles. The maximum atomic E-state index is 14.7. The number of hydrazone groups is 1. The summed E-state index contributed by atoms with van der Waals surface area (Å²) < 4.78 is 43.7. The van der Waals surface area contributed by atoms with Crippen molar-refractivity contribution in [3.8, 4) is 17.2 Å². The van der Waals surface area contributed by atoms with Crippen molar-refractivity contribution >= 4 is 40.6 Å². The van der Waals surface area contributed by atoms with Gasteiger partial charge in [-0.25, -0.2) is 9.82 Å². The predicted molar refractivity (Wildman–Crippen MR) is 221 cm³/mol. The largest absolute Gasteiger partial charge is 0.507 e. The molecule has 64 heavy (non-hydrogen) atoms. The smallest absolute Gasteiger partial charge is 0.271 e. The molecular formula is C44H47FN4O15. The molecule has 0 bridgehead atoms.